The van der Waals surface area contributed by atoms with Crippen molar-refractivity contribution in [1.82, 2.24) is 0 Å². The highest BCUT2D eigenvalue weighted by molar-refractivity contribution is 9.09. The minimum absolute atomic E-state index is 0.0520. The van der Waals surface area contributed by atoms with Crippen LogP contribution in [0.25, 0.3) is 0 Å². The molecule has 4 rings (SSSR count). The van der Waals surface area contributed by atoms with Gasteiger partial charge >= 0.3 is 0 Å². The van der Waals surface area contributed by atoms with E-state index in [1.807, 2.05) is 13.8 Å². The van der Waals surface area contributed by atoms with Crippen molar-refractivity contribution in [3.8, 4) is 0 Å². The average Bonchev–Trinajstić information content (AvgIpc) is 3.06. The molecule has 0 spiro atoms. The summed E-state index contributed by atoms with van der Waals surface area (Å²) in [5, 5.41) is 56.4. The quantitative estimate of drug-likeness (QED) is 0.329. The van der Waals surface area contributed by atoms with E-state index in [9.17, 15) is 30.3 Å². The van der Waals surface area contributed by atoms with E-state index in [1.54, 1.807) is 13.0 Å². The summed E-state index contributed by atoms with van der Waals surface area (Å²) in [6.45, 7) is 7.86. The van der Waals surface area contributed by atoms with Crippen molar-refractivity contribution in [1.29, 1.82) is 0 Å². The molecule has 4 aliphatic carbocycles. The second kappa shape index (κ2) is 8.91. The van der Waals surface area contributed by atoms with Crippen molar-refractivity contribution in [2.45, 2.75) is 109 Å². The Hall–Kier alpha value is -0.310. The van der Waals surface area contributed by atoms with Gasteiger partial charge in [-0.25, -0.2) is 0 Å². The molecule has 0 aromatic carbocycles. The summed E-state index contributed by atoms with van der Waals surface area (Å²) in [7, 11) is 0. The number of ketones is 1. The van der Waals surface area contributed by atoms with E-state index in [2.05, 4.69) is 22.9 Å². The van der Waals surface area contributed by atoms with Crippen LogP contribution in [0.2, 0.25) is 0 Å². The Balaban J connectivity index is 1.65. The fourth-order valence-electron chi connectivity index (χ4n) is 8.35. The summed E-state index contributed by atoms with van der Waals surface area (Å²) in [4.78, 5) is 13.3. The zero-order valence-electron chi connectivity index (χ0n) is 21.0. The molecule has 11 atom stereocenters. The number of fused-ring (bicyclic) bond motifs is 5. The SMILES string of the molecule is C[C@H](CBr)CC[C@@H](O)[C@](C)(O)[C@H]1CC[C@@]2(O)C3=CC(=O)[C@@H]4C[C@@H](O)[C@@H](O)C[C@]4(C)[C@H]3CC[C@]12C. The molecule has 0 radical (unpaired) electrons. The summed E-state index contributed by atoms with van der Waals surface area (Å²) in [5.74, 6) is -0.389. The lowest BCUT2D eigenvalue weighted by Crippen LogP contribution is -2.62. The van der Waals surface area contributed by atoms with Gasteiger partial charge in [0.25, 0.3) is 0 Å². The molecule has 3 saturated carbocycles. The number of allylic oxidation sites excluding steroid dienone is 1. The minimum Gasteiger partial charge on any atom is -0.390 e. The van der Waals surface area contributed by atoms with Crippen LogP contribution in [-0.4, -0.2) is 66.2 Å². The van der Waals surface area contributed by atoms with E-state index < -0.39 is 40.3 Å². The molecule has 0 saturated heterocycles. The van der Waals surface area contributed by atoms with Gasteiger partial charge < -0.3 is 25.5 Å². The number of halogens is 1. The molecule has 4 aliphatic rings. The molecule has 6 nitrogen and oxygen atoms in total. The smallest absolute Gasteiger partial charge is 0.159 e. The van der Waals surface area contributed by atoms with Crippen LogP contribution in [0.15, 0.2) is 11.6 Å². The Labute approximate surface area is 212 Å². The second-order valence-electron chi connectivity index (χ2n) is 12.7. The van der Waals surface area contributed by atoms with Gasteiger partial charge in [-0.05, 0) is 93.1 Å². The van der Waals surface area contributed by atoms with Crippen LogP contribution < -0.4 is 0 Å². The third-order valence-electron chi connectivity index (χ3n) is 10.7. The first-order chi connectivity index (χ1) is 15.7. The highest BCUT2D eigenvalue weighted by atomic mass is 79.9. The summed E-state index contributed by atoms with van der Waals surface area (Å²) in [6, 6.07) is 0. The monoisotopic (exact) mass is 542 g/mol. The van der Waals surface area contributed by atoms with Gasteiger partial charge in [-0.1, -0.05) is 36.7 Å². The highest BCUT2D eigenvalue weighted by Crippen LogP contribution is 2.68. The van der Waals surface area contributed by atoms with Crippen LogP contribution in [0.5, 0.6) is 0 Å². The lowest BCUT2D eigenvalue weighted by Gasteiger charge is -2.60. The number of hydrogen-bond donors (Lipinski definition) is 5. The molecular formula is C27H43BrO6. The predicted molar refractivity (Wildman–Crippen MR) is 133 cm³/mol. The van der Waals surface area contributed by atoms with Crippen molar-refractivity contribution in [2.75, 3.05) is 5.33 Å². The van der Waals surface area contributed by atoms with Gasteiger partial charge in [0.2, 0.25) is 0 Å². The lowest BCUT2D eigenvalue weighted by molar-refractivity contribution is -0.176. The Kier molecular flexibility index (Phi) is 7.01. The molecule has 0 heterocycles. The Bertz CT molecular complexity index is 843. The molecule has 0 amide bonds. The number of carbonyl (C=O) groups excluding carboxylic acids is 1. The highest BCUT2D eigenvalue weighted by Gasteiger charge is 2.69. The van der Waals surface area contributed by atoms with Crippen molar-refractivity contribution >= 4 is 21.7 Å². The van der Waals surface area contributed by atoms with Gasteiger partial charge in [0, 0.05) is 16.7 Å². The zero-order valence-corrected chi connectivity index (χ0v) is 22.6. The second-order valence-corrected chi connectivity index (χ2v) is 13.3. The van der Waals surface area contributed by atoms with E-state index >= 15 is 0 Å². The number of aliphatic hydroxyl groups excluding tert-OH is 3. The van der Waals surface area contributed by atoms with E-state index in [4.69, 9.17) is 0 Å². The predicted octanol–water partition coefficient (Wildman–Crippen LogP) is 3.11. The molecule has 194 valence electrons. The Morgan fingerprint density at radius 3 is 2.47 bits per heavy atom. The molecule has 3 fully saturated rings. The number of hydrogen-bond acceptors (Lipinski definition) is 6. The molecule has 34 heavy (non-hydrogen) atoms. The molecule has 5 N–H and O–H groups in total. The van der Waals surface area contributed by atoms with Crippen LogP contribution in [0.3, 0.4) is 0 Å². The van der Waals surface area contributed by atoms with Crippen LogP contribution in [0, 0.1) is 34.5 Å². The molecule has 0 aliphatic heterocycles. The van der Waals surface area contributed by atoms with Gasteiger partial charge in [-0.3, -0.25) is 4.79 Å². The first-order valence-electron chi connectivity index (χ1n) is 13.0. The van der Waals surface area contributed by atoms with Gasteiger partial charge in [0.15, 0.2) is 5.78 Å². The van der Waals surface area contributed by atoms with Crippen molar-refractivity contribution in [2.24, 2.45) is 34.5 Å². The number of carbonyl (C=O) groups is 1. The molecule has 0 unspecified atom stereocenters. The third-order valence-corrected chi connectivity index (χ3v) is 11.8. The lowest BCUT2D eigenvalue weighted by atomic mass is 9.45. The van der Waals surface area contributed by atoms with Crippen LogP contribution in [0.4, 0.5) is 0 Å². The zero-order chi connectivity index (χ0) is 25.3. The fourth-order valence-corrected chi connectivity index (χ4v) is 8.68. The van der Waals surface area contributed by atoms with Crippen molar-refractivity contribution in [3.63, 3.8) is 0 Å². The summed E-state index contributed by atoms with van der Waals surface area (Å²) < 4.78 is 0. The van der Waals surface area contributed by atoms with Crippen molar-refractivity contribution in [3.05, 3.63) is 11.6 Å². The number of rotatable bonds is 6. The Morgan fingerprint density at radius 1 is 1.15 bits per heavy atom. The summed E-state index contributed by atoms with van der Waals surface area (Å²) >= 11 is 3.48. The van der Waals surface area contributed by atoms with Gasteiger partial charge in [-0.2, -0.15) is 0 Å². The van der Waals surface area contributed by atoms with Crippen LogP contribution >= 0.6 is 15.9 Å². The summed E-state index contributed by atoms with van der Waals surface area (Å²) in [6.07, 6.45) is 3.29. The van der Waals surface area contributed by atoms with Gasteiger partial charge in [0.05, 0.1) is 29.5 Å². The van der Waals surface area contributed by atoms with Crippen LogP contribution in [0.1, 0.15) is 79.1 Å². The molecule has 0 bridgehead atoms. The third kappa shape index (κ3) is 3.79. The first-order valence-corrected chi connectivity index (χ1v) is 14.2. The van der Waals surface area contributed by atoms with Crippen LogP contribution in [-0.2, 0) is 4.79 Å². The Morgan fingerprint density at radius 2 is 1.82 bits per heavy atom. The first kappa shape index (κ1) is 26.7. The number of alkyl halides is 1. The maximum Gasteiger partial charge on any atom is 0.159 e. The molecule has 7 heteroatoms. The van der Waals surface area contributed by atoms with E-state index in [0.717, 1.165) is 23.7 Å². The maximum atomic E-state index is 13.3. The van der Waals surface area contributed by atoms with Gasteiger partial charge in [-0.15, -0.1) is 0 Å². The molecule has 0 aromatic rings. The number of aliphatic hydroxyl groups is 5. The van der Waals surface area contributed by atoms with E-state index in [0.29, 0.717) is 38.0 Å². The maximum absolute atomic E-state index is 13.3. The van der Waals surface area contributed by atoms with E-state index in [1.165, 1.54) is 0 Å². The molecular weight excluding hydrogens is 500 g/mol. The standard InChI is InChI=1S/C27H43BrO6/c1-15(14-28)5-6-23(32)26(4,33)22-8-10-27(34)17-11-19(29)18-12-20(30)21(31)13-24(18,2)16(17)7-9-25(22,27)3/h11,15-16,18,20-23,30-34H,5-10,12-14H2,1-4H3/t15-,16-,18-,20+,21-,22-,23+,24+,25+,26+,27+/m0/s1. The normalized spacial score (nSPS) is 47.6. The van der Waals surface area contributed by atoms with Gasteiger partial charge in [0.1, 0.15) is 0 Å². The largest absolute Gasteiger partial charge is 0.390 e. The summed E-state index contributed by atoms with van der Waals surface area (Å²) in [5.41, 5.74) is -3.03. The van der Waals surface area contributed by atoms with E-state index in [-0.39, 0.29) is 30.0 Å². The topological polar surface area (TPSA) is 118 Å². The average molecular weight is 544 g/mol. The van der Waals surface area contributed by atoms with Crippen molar-refractivity contribution < 1.29 is 30.3 Å². The minimum atomic E-state index is -1.35. The fraction of sp³-hybridized carbons (Fsp3) is 0.889. The molecule has 0 aromatic heterocycles.